The summed E-state index contributed by atoms with van der Waals surface area (Å²) >= 11 is 2.54. The predicted molar refractivity (Wildman–Crippen MR) is 74.1 cm³/mol. The van der Waals surface area contributed by atoms with Crippen molar-refractivity contribution in [1.29, 1.82) is 0 Å². The van der Waals surface area contributed by atoms with Crippen LogP contribution < -0.4 is 0 Å². The van der Waals surface area contributed by atoms with Crippen molar-refractivity contribution >= 4 is 29.1 Å². The molecule has 0 atom stereocenters. The summed E-state index contributed by atoms with van der Waals surface area (Å²) in [4.78, 5) is 15.6. The normalized spacial score (nSPS) is 10.8. The first kappa shape index (κ1) is 14.9. The lowest BCUT2D eigenvalue weighted by molar-refractivity contribution is -0.136. The topological polar surface area (TPSA) is 50.2 Å². The molecule has 1 aromatic carbocycles. The highest BCUT2D eigenvalue weighted by molar-refractivity contribution is 8.00. The van der Waals surface area contributed by atoms with Crippen molar-refractivity contribution < 1.29 is 18.7 Å². The molecule has 0 aliphatic rings. The minimum Gasteiger partial charge on any atom is -0.481 e. The van der Waals surface area contributed by atoms with Crippen LogP contribution in [0.5, 0.6) is 0 Å². The van der Waals surface area contributed by atoms with E-state index in [0.29, 0.717) is 14.9 Å². The number of nitrogens with zero attached hydrogens (tertiary/aromatic N) is 1. The summed E-state index contributed by atoms with van der Waals surface area (Å²) in [6, 6.07) is 3.32. The third kappa shape index (κ3) is 3.77. The lowest BCUT2D eigenvalue weighted by Gasteiger charge is -2.01. The number of hydrogen-bond acceptors (Lipinski definition) is 4. The number of carboxylic acids is 1. The van der Waals surface area contributed by atoms with Crippen LogP contribution in [0.3, 0.4) is 0 Å². The van der Waals surface area contributed by atoms with Gasteiger partial charge in [-0.1, -0.05) is 11.8 Å². The Morgan fingerprint density at radius 1 is 1.45 bits per heavy atom. The fourth-order valence-electron chi connectivity index (χ4n) is 1.56. The third-order valence-corrected chi connectivity index (χ3v) is 4.89. The second-order valence-electron chi connectivity index (χ2n) is 4.08. The third-order valence-electron chi connectivity index (χ3n) is 2.54. The molecule has 0 amide bonds. The van der Waals surface area contributed by atoms with Crippen molar-refractivity contribution in [3.05, 3.63) is 46.0 Å². The molecular formula is C13H11F2NO2S2. The highest BCUT2D eigenvalue weighted by Gasteiger charge is 2.12. The van der Waals surface area contributed by atoms with Crippen LogP contribution in [0.4, 0.5) is 8.78 Å². The van der Waals surface area contributed by atoms with E-state index in [0.717, 1.165) is 18.2 Å². The van der Waals surface area contributed by atoms with Crippen LogP contribution in [-0.4, -0.2) is 16.1 Å². The second kappa shape index (κ2) is 6.32. The summed E-state index contributed by atoms with van der Waals surface area (Å²) in [6.07, 6.45) is -0.0710. The molecule has 0 spiro atoms. The van der Waals surface area contributed by atoms with E-state index in [9.17, 15) is 13.6 Å². The molecule has 106 valence electrons. The van der Waals surface area contributed by atoms with Gasteiger partial charge >= 0.3 is 5.97 Å². The van der Waals surface area contributed by atoms with E-state index in [1.807, 2.05) is 0 Å². The number of aliphatic carboxylic acids is 1. The molecule has 0 bridgehead atoms. The number of hydrogen-bond donors (Lipinski definition) is 1. The molecule has 1 aromatic heterocycles. The van der Waals surface area contributed by atoms with Crippen LogP contribution in [0.1, 0.15) is 16.1 Å². The van der Waals surface area contributed by atoms with E-state index < -0.39 is 17.6 Å². The highest BCUT2D eigenvalue weighted by atomic mass is 32.2. The Bertz CT molecular complexity index is 643. The Balaban J connectivity index is 2.07. The van der Waals surface area contributed by atoms with Crippen molar-refractivity contribution in [2.75, 3.05) is 0 Å². The highest BCUT2D eigenvalue weighted by Crippen LogP contribution is 2.30. The summed E-state index contributed by atoms with van der Waals surface area (Å²) in [7, 11) is 0. The Kier molecular flexibility index (Phi) is 4.72. The van der Waals surface area contributed by atoms with Crippen molar-refractivity contribution in [2.24, 2.45) is 0 Å². The van der Waals surface area contributed by atoms with Crippen molar-refractivity contribution in [2.45, 2.75) is 23.4 Å². The molecule has 0 unspecified atom stereocenters. The summed E-state index contributed by atoms with van der Waals surface area (Å²) in [5.41, 5.74) is 0.933. The molecule has 2 rings (SSSR count). The van der Waals surface area contributed by atoms with E-state index in [2.05, 4.69) is 4.98 Å². The van der Waals surface area contributed by atoms with Gasteiger partial charge in [0.05, 0.1) is 12.1 Å². The number of aryl methyl sites for hydroxylation is 1. The molecule has 2 aromatic rings. The van der Waals surface area contributed by atoms with Gasteiger partial charge < -0.3 is 5.11 Å². The molecule has 0 fully saturated rings. The summed E-state index contributed by atoms with van der Waals surface area (Å²) in [5.74, 6) is -1.60. The minimum atomic E-state index is -0.913. The molecule has 0 saturated carbocycles. The van der Waals surface area contributed by atoms with Crippen LogP contribution in [0, 0.1) is 18.6 Å². The van der Waals surface area contributed by atoms with Crippen LogP contribution in [0.25, 0.3) is 0 Å². The molecule has 0 aliphatic carbocycles. The second-order valence-corrected chi connectivity index (χ2v) is 6.39. The fourth-order valence-corrected chi connectivity index (χ4v) is 3.76. The van der Waals surface area contributed by atoms with Gasteiger partial charge in [-0.15, -0.1) is 11.3 Å². The lowest BCUT2D eigenvalue weighted by atomic mass is 10.2. The molecule has 3 nitrogen and oxygen atoms in total. The molecule has 20 heavy (non-hydrogen) atoms. The predicted octanol–water partition coefficient (Wildman–Crippen LogP) is 3.65. The number of carbonyl (C=O) groups is 1. The minimum absolute atomic E-state index is 0.0710. The first-order valence-electron chi connectivity index (χ1n) is 5.70. The molecule has 0 saturated heterocycles. The van der Waals surface area contributed by atoms with E-state index in [-0.39, 0.29) is 17.7 Å². The number of thiazole rings is 1. The van der Waals surface area contributed by atoms with Crippen molar-refractivity contribution in [1.82, 2.24) is 4.98 Å². The number of halogens is 2. The zero-order chi connectivity index (χ0) is 14.7. The van der Waals surface area contributed by atoms with Gasteiger partial charge in [0.1, 0.15) is 11.6 Å². The first-order valence-corrected chi connectivity index (χ1v) is 7.50. The van der Waals surface area contributed by atoms with Gasteiger partial charge in [-0.3, -0.25) is 4.79 Å². The van der Waals surface area contributed by atoms with Crippen LogP contribution >= 0.6 is 23.1 Å². The summed E-state index contributed by atoms with van der Waals surface area (Å²) in [6.45, 7) is 1.74. The maximum Gasteiger partial charge on any atom is 0.308 e. The molecule has 1 heterocycles. The van der Waals surface area contributed by atoms with E-state index in [4.69, 9.17) is 5.11 Å². The van der Waals surface area contributed by atoms with Gasteiger partial charge in [-0.05, 0) is 25.1 Å². The SMILES string of the molecule is Cc1nc(SCc2cc(F)ccc2F)sc1CC(=O)O. The van der Waals surface area contributed by atoms with Crippen molar-refractivity contribution in [3.63, 3.8) is 0 Å². The van der Waals surface area contributed by atoms with Gasteiger partial charge in [-0.25, -0.2) is 13.8 Å². The number of rotatable bonds is 5. The van der Waals surface area contributed by atoms with Crippen LogP contribution in [0.2, 0.25) is 0 Å². The average Bonchev–Trinajstić information content (AvgIpc) is 2.70. The maximum absolute atomic E-state index is 13.5. The average molecular weight is 315 g/mol. The molecule has 1 N–H and O–H groups in total. The van der Waals surface area contributed by atoms with Gasteiger partial charge in [0.2, 0.25) is 0 Å². The van der Waals surface area contributed by atoms with Crippen molar-refractivity contribution in [3.8, 4) is 0 Å². The Morgan fingerprint density at radius 3 is 2.90 bits per heavy atom. The van der Waals surface area contributed by atoms with Crippen LogP contribution in [-0.2, 0) is 17.0 Å². The Hall–Kier alpha value is -1.47. The van der Waals surface area contributed by atoms with Gasteiger partial charge in [0, 0.05) is 16.2 Å². The maximum atomic E-state index is 13.5. The fraction of sp³-hybridized carbons (Fsp3) is 0.231. The Labute approximate surface area is 122 Å². The zero-order valence-electron chi connectivity index (χ0n) is 10.5. The van der Waals surface area contributed by atoms with Crippen LogP contribution in [0.15, 0.2) is 22.5 Å². The van der Waals surface area contributed by atoms with E-state index in [1.54, 1.807) is 6.92 Å². The largest absolute Gasteiger partial charge is 0.481 e. The monoisotopic (exact) mass is 315 g/mol. The van der Waals surface area contributed by atoms with E-state index in [1.165, 1.54) is 23.1 Å². The summed E-state index contributed by atoms with van der Waals surface area (Å²) < 4.78 is 27.1. The number of aromatic nitrogens is 1. The smallest absolute Gasteiger partial charge is 0.308 e. The first-order chi connectivity index (χ1) is 9.45. The number of carboxylic acid groups (broad SMARTS) is 1. The van der Waals surface area contributed by atoms with Gasteiger partial charge in [0.15, 0.2) is 4.34 Å². The van der Waals surface area contributed by atoms with Gasteiger partial charge in [0.25, 0.3) is 0 Å². The summed E-state index contributed by atoms with van der Waals surface area (Å²) in [5, 5.41) is 8.76. The molecule has 0 radical (unpaired) electrons. The molecule has 0 aliphatic heterocycles. The molecule has 7 heteroatoms. The lowest BCUT2D eigenvalue weighted by Crippen LogP contribution is -1.99. The van der Waals surface area contributed by atoms with Gasteiger partial charge in [-0.2, -0.15) is 0 Å². The number of benzene rings is 1. The zero-order valence-corrected chi connectivity index (χ0v) is 12.2. The Morgan fingerprint density at radius 2 is 2.20 bits per heavy atom. The standard InChI is InChI=1S/C13H11F2NO2S2/c1-7-11(5-12(17)18)20-13(16-7)19-6-8-4-9(14)2-3-10(8)15/h2-4H,5-6H2,1H3,(H,17,18). The van der Waals surface area contributed by atoms with E-state index >= 15 is 0 Å². The number of thioether (sulfide) groups is 1. The molecular weight excluding hydrogens is 304 g/mol. The quantitative estimate of drug-likeness (QED) is 0.856.